The Morgan fingerprint density at radius 2 is 2.20 bits per heavy atom. The number of hydrogen-bond donors (Lipinski definition) is 1. The van der Waals surface area contributed by atoms with Crippen molar-refractivity contribution >= 4 is 33.4 Å². The van der Waals surface area contributed by atoms with Crippen molar-refractivity contribution in [2.75, 3.05) is 11.4 Å². The van der Waals surface area contributed by atoms with Crippen molar-refractivity contribution in [2.45, 2.75) is 25.3 Å². The minimum atomic E-state index is -0.683. The summed E-state index contributed by atoms with van der Waals surface area (Å²) in [5, 5.41) is 11.8. The van der Waals surface area contributed by atoms with Crippen LogP contribution in [0, 0.1) is 11.8 Å². The molecule has 20 heavy (non-hydrogen) atoms. The zero-order chi connectivity index (χ0) is 13.7. The Morgan fingerprint density at radius 1 is 1.35 bits per heavy atom. The molecule has 0 spiro atoms. The van der Waals surface area contributed by atoms with E-state index in [4.69, 9.17) is 0 Å². The zero-order valence-electron chi connectivity index (χ0n) is 11.0. The molecule has 3 atom stereocenters. The van der Waals surface area contributed by atoms with Crippen LogP contribution in [0.2, 0.25) is 0 Å². The van der Waals surface area contributed by atoms with Gasteiger partial charge in [-0.2, -0.15) is 4.37 Å². The number of fused-ring (bicyclic) bond motifs is 2. The van der Waals surface area contributed by atoms with Gasteiger partial charge in [-0.25, -0.2) is 4.79 Å². The molecular weight excluding hydrogens is 272 g/mol. The fourth-order valence-corrected chi connectivity index (χ4v) is 4.82. The van der Waals surface area contributed by atoms with Crippen LogP contribution in [-0.4, -0.2) is 28.0 Å². The van der Waals surface area contributed by atoms with Crippen molar-refractivity contribution in [3.05, 3.63) is 24.3 Å². The molecule has 1 saturated heterocycles. The number of carboxylic acid groups (broad SMARTS) is 1. The average Bonchev–Trinajstić information content (AvgIpc) is 3.10. The molecule has 1 N–H and O–H groups in total. The van der Waals surface area contributed by atoms with Crippen molar-refractivity contribution in [1.29, 1.82) is 0 Å². The Kier molecular flexibility index (Phi) is 2.70. The Morgan fingerprint density at radius 3 is 3.05 bits per heavy atom. The fraction of sp³-hybridized carbons (Fsp3) is 0.467. The van der Waals surface area contributed by atoms with Crippen LogP contribution >= 0.6 is 11.5 Å². The number of benzene rings is 1. The van der Waals surface area contributed by atoms with Gasteiger partial charge in [0.1, 0.15) is 11.0 Å². The maximum Gasteiger partial charge on any atom is 0.326 e. The lowest BCUT2D eigenvalue weighted by Crippen LogP contribution is -2.39. The number of nitrogens with zero attached hydrogens (tertiary/aromatic N) is 2. The highest BCUT2D eigenvalue weighted by molar-refractivity contribution is 7.11. The molecule has 1 aromatic heterocycles. The summed E-state index contributed by atoms with van der Waals surface area (Å²) in [6, 6.07) is 7.63. The lowest BCUT2D eigenvalue weighted by Gasteiger charge is -2.24. The van der Waals surface area contributed by atoms with E-state index in [1.54, 1.807) is 0 Å². The number of aromatic nitrogens is 1. The van der Waals surface area contributed by atoms with E-state index in [0.717, 1.165) is 28.9 Å². The molecule has 5 heteroatoms. The van der Waals surface area contributed by atoms with Crippen LogP contribution in [0.3, 0.4) is 0 Å². The third-order valence-corrected chi connectivity index (χ3v) is 5.68. The van der Waals surface area contributed by atoms with Gasteiger partial charge in [0.05, 0.1) is 5.52 Å². The highest BCUT2D eigenvalue weighted by Gasteiger charge is 2.48. The van der Waals surface area contributed by atoms with Crippen LogP contribution in [-0.2, 0) is 4.79 Å². The number of anilines is 1. The van der Waals surface area contributed by atoms with E-state index in [2.05, 4.69) is 9.27 Å². The molecule has 2 fully saturated rings. The molecule has 1 aromatic carbocycles. The summed E-state index contributed by atoms with van der Waals surface area (Å²) in [6.07, 6.45) is 3.40. The first kappa shape index (κ1) is 12.1. The molecule has 2 aromatic rings. The van der Waals surface area contributed by atoms with Gasteiger partial charge in [-0.1, -0.05) is 18.6 Å². The predicted octanol–water partition coefficient (Wildman–Crippen LogP) is 2.99. The van der Waals surface area contributed by atoms with Crippen LogP contribution in [0.4, 0.5) is 5.00 Å². The molecular formula is C15H16N2O2S. The minimum Gasteiger partial charge on any atom is -0.480 e. The third kappa shape index (κ3) is 1.66. The van der Waals surface area contributed by atoms with Gasteiger partial charge < -0.3 is 10.0 Å². The molecule has 0 radical (unpaired) electrons. The maximum atomic E-state index is 11.7. The van der Waals surface area contributed by atoms with Crippen molar-refractivity contribution < 1.29 is 9.90 Å². The summed E-state index contributed by atoms with van der Waals surface area (Å²) in [4.78, 5) is 13.8. The van der Waals surface area contributed by atoms with Crippen molar-refractivity contribution in [3.8, 4) is 0 Å². The lowest BCUT2D eigenvalue weighted by atomic mass is 9.94. The zero-order valence-corrected chi connectivity index (χ0v) is 11.8. The highest BCUT2D eigenvalue weighted by atomic mass is 32.1. The number of rotatable bonds is 2. The lowest BCUT2D eigenvalue weighted by molar-refractivity contribution is -0.139. The van der Waals surface area contributed by atoms with Gasteiger partial charge >= 0.3 is 5.97 Å². The first-order chi connectivity index (χ1) is 9.75. The third-order valence-electron chi connectivity index (χ3n) is 4.77. The smallest absolute Gasteiger partial charge is 0.326 e. The summed E-state index contributed by atoms with van der Waals surface area (Å²) < 4.78 is 4.46. The molecule has 1 aliphatic carbocycles. The number of carbonyl (C=O) groups is 1. The van der Waals surface area contributed by atoms with Crippen molar-refractivity contribution in [2.24, 2.45) is 11.8 Å². The van der Waals surface area contributed by atoms with Gasteiger partial charge in [-0.3, -0.25) is 0 Å². The fourth-order valence-electron chi connectivity index (χ4n) is 3.91. The maximum absolute atomic E-state index is 11.7. The molecule has 1 saturated carbocycles. The average molecular weight is 288 g/mol. The molecule has 2 heterocycles. The van der Waals surface area contributed by atoms with E-state index in [-0.39, 0.29) is 6.04 Å². The highest BCUT2D eigenvalue weighted by Crippen LogP contribution is 2.46. The van der Waals surface area contributed by atoms with Gasteiger partial charge in [0.2, 0.25) is 0 Å². The number of hydrogen-bond acceptors (Lipinski definition) is 4. The monoisotopic (exact) mass is 288 g/mol. The van der Waals surface area contributed by atoms with Crippen LogP contribution in [0.1, 0.15) is 19.3 Å². The van der Waals surface area contributed by atoms with Gasteiger partial charge in [-0.05, 0) is 48.3 Å². The molecule has 0 bridgehead atoms. The SMILES string of the molecule is O=C(O)C1C2CCCC2CN1c1snc2ccccc12. The topological polar surface area (TPSA) is 53.4 Å². The largest absolute Gasteiger partial charge is 0.480 e. The first-order valence-electron chi connectivity index (χ1n) is 7.09. The Hall–Kier alpha value is -1.62. The summed E-state index contributed by atoms with van der Waals surface area (Å²) in [7, 11) is 0. The summed E-state index contributed by atoms with van der Waals surface area (Å²) >= 11 is 1.43. The summed E-state index contributed by atoms with van der Waals surface area (Å²) in [5.74, 6) is 0.169. The standard InChI is InChI=1S/C15H16N2O2S/c18-15(19)13-10-6-3-4-9(10)8-17(13)14-11-5-1-2-7-12(11)16-20-14/h1-2,5,7,9-10,13H,3-4,6,8H2,(H,18,19). The van der Waals surface area contributed by atoms with Crippen LogP contribution in [0.15, 0.2) is 24.3 Å². The molecule has 4 rings (SSSR count). The van der Waals surface area contributed by atoms with Crippen LogP contribution < -0.4 is 4.90 Å². The van der Waals surface area contributed by atoms with Gasteiger partial charge in [0.15, 0.2) is 0 Å². The summed E-state index contributed by atoms with van der Waals surface area (Å²) in [6.45, 7) is 0.869. The Labute approximate surface area is 121 Å². The quantitative estimate of drug-likeness (QED) is 0.923. The minimum absolute atomic E-state index is 0.313. The summed E-state index contributed by atoms with van der Waals surface area (Å²) in [5.41, 5.74) is 0.966. The Balaban J connectivity index is 1.79. The second-order valence-corrected chi connectivity index (χ2v) is 6.55. The van der Waals surface area contributed by atoms with Crippen LogP contribution in [0.25, 0.3) is 10.9 Å². The molecule has 2 aliphatic rings. The molecule has 1 aliphatic heterocycles. The van der Waals surface area contributed by atoms with E-state index < -0.39 is 5.97 Å². The molecule has 4 nitrogen and oxygen atoms in total. The van der Waals surface area contributed by atoms with Crippen LogP contribution in [0.5, 0.6) is 0 Å². The number of aliphatic carboxylic acids is 1. The second-order valence-electron chi connectivity index (χ2n) is 5.80. The van der Waals surface area contributed by atoms with E-state index >= 15 is 0 Å². The van der Waals surface area contributed by atoms with E-state index in [0.29, 0.717) is 11.8 Å². The predicted molar refractivity (Wildman–Crippen MR) is 79.2 cm³/mol. The molecule has 0 amide bonds. The Bertz CT molecular complexity index is 669. The van der Waals surface area contributed by atoms with Gasteiger partial charge in [-0.15, -0.1) is 0 Å². The van der Waals surface area contributed by atoms with Gasteiger partial charge in [0.25, 0.3) is 0 Å². The molecule has 104 valence electrons. The van der Waals surface area contributed by atoms with E-state index in [1.165, 1.54) is 24.4 Å². The van der Waals surface area contributed by atoms with Crippen molar-refractivity contribution in [3.63, 3.8) is 0 Å². The van der Waals surface area contributed by atoms with E-state index in [9.17, 15) is 9.90 Å². The van der Waals surface area contributed by atoms with Gasteiger partial charge in [0, 0.05) is 11.9 Å². The first-order valence-corrected chi connectivity index (χ1v) is 7.87. The van der Waals surface area contributed by atoms with Crippen molar-refractivity contribution in [1.82, 2.24) is 4.37 Å². The normalized spacial score (nSPS) is 29.0. The molecule has 3 unspecified atom stereocenters. The van der Waals surface area contributed by atoms with E-state index in [1.807, 2.05) is 24.3 Å². The number of carboxylic acids is 1. The second kappa shape index (κ2) is 4.45.